The van der Waals surface area contributed by atoms with Crippen LogP contribution in [0.5, 0.6) is 0 Å². The number of hydrogen-bond donors (Lipinski definition) is 1. The molecule has 0 saturated heterocycles. The highest BCUT2D eigenvalue weighted by molar-refractivity contribution is 9.11. The molecular weight excluding hydrogens is 324 g/mol. The lowest BCUT2D eigenvalue weighted by Gasteiger charge is -1.99. The third kappa shape index (κ3) is 2.51. The highest BCUT2D eigenvalue weighted by Crippen LogP contribution is 2.27. The van der Waals surface area contributed by atoms with Crippen molar-refractivity contribution in [3.63, 3.8) is 0 Å². The van der Waals surface area contributed by atoms with Gasteiger partial charge in [-0.1, -0.05) is 9.59 Å². The average molecular weight is 327 g/mol. The molecule has 15 heavy (non-hydrogen) atoms. The lowest BCUT2D eigenvalue weighted by molar-refractivity contribution is 0.603. The summed E-state index contributed by atoms with van der Waals surface area (Å²) in [6.07, 6.45) is 0. The Hall–Kier alpha value is -0.580. The van der Waals surface area contributed by atoms with Gasteiger partial charge in [0.05, 0.1) is 3.79 Å². The van der Waals surface area contributed by atoms with Crippen molar-refractivity contribution in [1.82, 2.24) is 14.8 Å². The summed E-state index contributed by atoms with van der Waals surface area (Å²) in [5.41, 5.74) is 0. The molecule has 0 aliphatic rings. The molecule has 2 heterocycles. The van der Waals surface area contributed by atoms with E-state index in [2.05, 4.69) is 35.5 Å². The Morgan fingerprint density at radius 3 is 2.73 bits per heavy atom. The molecule has 0 aliphatic heterocycles. The minimum absolute atomic E-state index is 0.152. The quantitative estimate of drug-likeness (QED) is 0.925. The first-order valence-electron chi connectivity index (χ1n) is 3.51. The van der Waals surface area contributed by atoms with E-state index in [0.717, 1.165) is 26.7 Å². The summed E-state index contributed by atoms with van der Waals surface area (Å²) in [6.45, 7) is 0. The molecule has 0 fully saturated rings. The molecule has 0 aromatic carbocycles. The zero-order valence-corrected chi connectivity index (χ0v) is 11.0. The molecule has 6 nitrogen and oxygen atoms in total. The molecule has 0 atom stereocenters. The van der Waals surface area contributed by atoms with E-state index in [0.29, 0.717) is 0 Å². The number of anilines is 1. The van der Waals surface area contributed by atoms with E-state index in [1.54, 1.807) is 6.07 Å². The first kappa shape index (κ1) is 10.9. The van der Waals surface area contributed by atoms with Crippen molar-refractivity contribution in [3.8, 4) is 0 Å². The van der Waals surface area contributed by atoms with E-state index >= 15 is 0 Å². The highest BCUT2D eigenvalue weighted by Gasteiger charge is 2.18. The van der Waals surface area contributed by atoms with Crippen LogP contribution in [0.3, 0.4) is 0 Å². The summed E-state index contributed by atoms with van der Waals surface area (Å²) in [5.74, 6) is 0. The minimum atomic E-state index is -3.56. The van der Waals surface area contributed by atoms with Gasteiger partial charge in [-0.05, 0) is 33.3 Å². The summed E-state index contributed by atoms with van der Waals surface area (Å²) >= 11 is 5.19. The SMILES string of the molecule is O=S(=O)(Nc1nnns1)c1ccc(Br)s1. The molecular formula is C5H3BrN4O2S3. The van der Waals surface area contributed by atoms with Gasteiger partial charge in [-0.25, -0.2) is 8.42 Å². The molecule has 80 valence electrons. The van der Waals surface area contributed by atoms with Crippen molar-refractivity contribution >= 4 is 54.0 Å². The number of nitrogens with zero attached hydrogens (tertiary/aromatic N) is 3. The molecule has 0 radical (unpaired) electrons. The van der Waals surface area contributed by atoms with Crippen molar-refractivity contribution in [2.24, 2.45) is 0 Å². The predicted molar refractivity (Wildman–Crippen MR) is 60.5 cm³/mol. The Bertz CT molecular complexity index is 549. The number of hydrogen-bond acceptors (Lipinski definition) is 7. The third-order valence-corrected chi connectivity index (χ3v) is 5.43. The molecule has 0 aliphatic carbocycles. The second-order valence-corrected chi connectivity index (χ2v) is 7.44. The molecule has 10 heteroatoms. The lowest BCUT2D eigenvalue weighted by atomic mass is 10.7. The Balaban J connectivity index is 2.28. The summed E-state index contributed by atoms with van der Waals surface area (Å²) in [4.78, 5) is 0. The van der Waals surface area contributed by atoms with Crippen LogP contribution in [-0.2, 0) is 10.0 Å². The van der Waals surface area contributed by atoms with Crippen LogP contribution in [0.1, 0.15) is 0 Å². The molecule has 1 N–H and O–H groups in total. The second-order valence-electron chi connectivity index (χ2n) is 2.33. The van der Waals surface area contributed by atoms with E-state index in [1.807, 2.05) is 0 Å². The average Bonchev–Trinajstić information content (AvgIpc) is 2.75. The lowest BCUT2D eigenvalue weighted by Crippen LogP contribution is -2.11. The number of halogens is 1. The van der Waals surface area contributed by atoms with Gasteiger partial charge in [0.1, 0.15) is 4.21 Å². The van der Waals surface area contributed by atoms with Crippen molar-refractivity contribution in [2.45, 2.75) is 4.21 Å². The normalized spacial score (nSPS) is 11.5. The molecule has 2 aromatic heterocycles. The zero-order chi connectivity index (χ0) is 10.9. The monoisotopic (exact) mass is 326 g/mol. The van der Waals surface area contributed by atoms with Crippen LogP contribution in [-0.4, -0.2) is 23.2 Å². The van der Waals surface area contributed by atoms with E-state index < -0.39 is 10.0 Å². The van der Waals surface area contributed by atoms with Gasteiger partial charge in [0.15, 0.2) is 0 Å². The third-order valence-electron chi connectivity index (χ3n) is 1.33. The van der Waals surface area contributed by atoms with Crippen LogP contribution in [0.2, 0.25) is 0 Å². The summed E-state index contributed by atoms with van der Waals surface area (Å²) < 4.78 is 30.1. The minimum Gasteiger partial charge on any atom is -0.251 e. The van der Waals surface area contributed by atoms with E-state index in [-0.39, 0.29) is 9.34 Å². The molecule has 2 aromatic rings. The Labute approximate surface area is 102 Å². The number of thiophene rings is 1. The Morgan fingerprint density at radius 2 is 2.20 bits per heavy atom. The highest BCUT2D eigenvalue weighted by atomic mass is 79.9. The van der Waals surface area contributed by atoms with Gasteiger partial charge < -0.3 is 0 Å². The first-order chi connectivity index (χ1) is 7.08. The number of sulfonamides is 1. The van der Waals surface area contributed by atoms with Gasteiger partial charge in [-0.3, -0.25) is 4.72 Å². The van der Waals surface area contributed by atoms with Crippen LogP contribution >= 0.6 is 38.8 Å². The molecule has 0 spiro atoms. The fourth-order valence-electron chi connectivity index (χ4n) is 0.780. The Morgan fingerprint density at radius 1 is 1.40 bits per heavy atom. The van der Waals surface area contributed by atoms with E-state index in [4.69, 9.17) is 0 Å². The van der Waals surface area contributed by atoms with Crippen molar-refractivity contribution in [2.75, 3.05) is 4.72 Å². The van der Waals surface area contributed by atoms with Gasteiger partial charge in [-0.15, -0.1) is 11.3 Å². The van der Waals surface area contributed by atoms with Gasteiger partial charge >= 0.3 is 0 Å². The molecule has 0 saturated carbocycles. The van der Waals surface area contributed by atoms with Crippen LogP contribution in [0.25, 0.3) is 0 Å². The summed E-state index contributed by atoms with van der Waals surface area (Å²) in [7, 11) is -3.56. The number of nitrogens with one attached hydrogen (secondary N) is 1. The second kappa shape index (κ2) is 4.12. The van der Waals surface area contributed by atoms with Crippen LogP contribution in [0.4, 0.5) is 5.13 Å². The predicted octanol–water partition coefficient (Wildman–Crippen LogP) is 1.56. The van der Waals surface area contributed by atoms with Crippen molar-refractivity contribution < 1.29 is 8.42 Å². The standard InChI is InChI=1S/C5H3BrN4O2S3/c6-3-1-2-4(13-3)15(11,12)8-5-7-9-10-14-5/h1-2H,(H,7,8,10). The molecule has 0 unspecified atom stereocenters. The van der Waals surface area contributed by atoms with E-state index in [1.165, 1.54) is 6.07 Å². The van der Waals surface area contributed by atoms with Crippen molar-refractivity contribution in [3.05, 3.63) is 15.9 Å². The van der Waals surface area contributed by atoms with Gasteiger partial charge in [0, 0.05) is 11.5 Å². The largest absolute Gasteiger partial charge is 0.273 e. The zero-order valence-electron chi connectivity index (χ0n) is 6.92. The Kier molecular flexibility index (Phi) is 3.00. The van der Waals surface area contributed by atoms with Gasteiger partial charge in [0.2, 0.25) is 5.13 Å². The fourth-order valence-corrected chi connectivity index (χ4v) is 4.37. The molecule has 0 amide bonds. The summed E-state index contributed by atoms with van der Waals surface area (Å²) in [5, 5.41) is 6.94. The van der Waals surface area contributed by atoms with Crippen LogP contribution in [0, 0.1) is 0 Å². The van der Waals surface area contributed by atoms with Crippen LogP contribution < -0.4 is 4.72 Å². The first-order valence-corrected chi connectivity index (χ1v) is 7.38. The number of rotatable bonds is 3. The van der Waals surface area contributed by atoms with Crippen LogP contribution in [0.15, 0.2) is 20.1 Å². The van der Waals surface area contributed by atoms with Gasteiger partial charge in [0.25, 0.3) is 10.0 Å². The number of aromatic nitrogens is 3. The molecule has 2 rings (SSSR count). The summed E-state index contributed by atoms with van der Waals surface area (Å²) in [6, 6.07) is 3.17. The fraction of sp³-hybridized carbons (Fsp3) is 0. The maximum absolute atomic E-state index is 11.7. The van der Waals surface area contributed by atoms with Crippen molar-refractivity contribution in [1.29, 1.82) is 0 Å². The smallest absolute Gasteiger partial charge is 0.251 e. The van der Waals surface area contributed by atoms with E-state index in [9.17, 15) is 8.42 Å². The maximum Gasteiger partial charge on any atom is 0.273 e. The molecule has 0 bridgehead atoms. The maximum atomic E-state index is 11.7. The van der Waals surface area contributed by atoms with Gasteiger partial charge in [-0.2, -0.15) is 0 Å². The topological polar surface area (TPSA) is 84.8 Å².